The molecule has 0 aliphatic heterocycles. The summed E-state index contributed by atoms with van der Waals surface area (Å²) >= 11 is 0. The highest BCUT2D eigenvalue weighted by molar-refractivity contribution is 6.83. The lowest BCUT2D eigenvalue weighted by molar-refractivity contribution is 0.220. The van der Waals surface area contributed by atoms with Crippen LogP contribution in [-0.2, 0) is 0 Å². The molecule has 1 aromatic rings. The fourth-order valence-electron chi connectivity index (χ4n) is 3.96. The first-order valence-corrected chi connectivity index (χ1v) is 16.2. The van der Waals surface area contributed by atoms with Crippen molar-refractivity contribution >= 4 is 16.1 Å². The van der Waals surface area contributed by atoms with Gasteiger partial charge in [0.1, 0.15) is 0 Å². The Balaban J connectivity index is 2.48. The molecule has 24 heavy (non-hydrogen) atoms. The van der Waals surface area contributed by atoms with Crippen molar-refractivity contribution in [2.24, 2.45) is 5.92 Å². The maximum Gasteiger partial charge on any atom is 0.0969 e. The van der Waals surface area contributed by atoms with Crippen LogP contribution < -0.4 is 0 Å². The fraction of sp³-hybridized carbons (Fsp3) is 0.524. The largest absolute Gasteiger partial charge is 0.384 e. The minimum Gasteiger partial charge on any atom is -0.384 e. The highest BCUT2D eigenvalue weighted by Gasteiger charge is 2.34. The molecule has 0 aromatic heterocycles. The summed E-state index contributed by atoms with van der Waals surface area (Å²) in [7, 11) is -2.80. The van der Waals surface area contributed by atoms with Gasteiger partial charge in [-0.1, -0.05) is 93.4 Å². The van der Waals surface area contributed by atoms with Crippen LogP contribution in [0.25, 0.3) is 0 Å². The average Bonchev–Trinajstić information content (AvgIpc) is 2.76. The molecule has 1 saturated carbocycles. The van der Waals surface area contributed by atoms with Gasteiger partial charge >= 0.3 is 0 Å². The van der Waals surface area contributed by atoms with Crippen molar-refractivity contribution in [1.29, 1.82) is 0 Å². The van der Waals surface area contributed by atoms with Crippen LogP contribution in [0, 0.1) is 5.92 Å². The highest BCUT2D eigenvalue weighted by atomic mass is 28.3. The lowest BCUT2D eigenvalue weighted by Crippen LogP contribution is -2.30. The van der Waals surface area contributed by atoms with E-state index in [4.69, 9.17) is 0 Å². The summed E-state index contributed by atoms with van der Waals surface area (Å²) < 4.78 is 0. The maximum atomic E-state index is 11.2. The first-order chi connectivity index (χ1) is 11.0. The van der Waals surface area contributed by atoms with E-state index in [2.05, 4.69) is 64.0 Å². The molecule has 132 valence electrons. The molecule has 1 aliphatic carbocycles. The van der Waals surface area contributed by atoms with E-state index in [1.165, 1.54) is 17.2 Å². The van der Waals surface area contributed by atoms with E-state index in [1.54, 1.807) is 5.57 Å². The van der Waals surface area contributed by atoms with Gasteiger partial charge in [-0.15, -0.1) is 0 Å². The Morgan fingerprint density at radius 2 is 1.67 bits per heavy atom. The molecule has 2 rings (SSSR count). The van der Waals surface area contributed by atoms with Gasteiger partial charge in [-0.2, -0.15) is 0 Å². The van der Waals surface area contributed by atoms with Crippen molar-refractivity contribution in [3.63, 3.8) is 0 Å². The van der Waals surface area contributed by atoms with Gasteiger partial charge in [0.05, 0.1) is 22.3 Å². The molecule has 0 radical (unpaired) electrons. The molecule has 1 nitrogen and oxygen atoms in total. The van der Waals surface area contributed by atoms with Crippen LogP contribution in [-0.4, -0.2) is 21.3 Å². The summed E-state index contributed by atoms with van der Waals surface area (Å²) in [6.07, 6.45) is 1.81. The Morgan fingerprint density at radius 3 is 2.17 bits per heavy atom. The van der Waals surface area contributed by atoms with Gasteiger partial charge in [0, 0.05) is 0 Å². The molecular formula is C21H34OSi2. The molecule has 1 N–H and O–H groups in total. The Bertz CT molecular complexity index is 630. The van der Waals surface area contributed by atoms with E-state index < -0.39 is 22.3 Å². The number of benzene rings is 1. The van der Waals surface area contributed by atoms with E-state index >= 15 is 0 Å². The zero-order valence-electron chi connectivity index (χ0n) is 16.5. The molecule has 2 atom stereocenters. The van der Waals surface area contributed by atoms with Crippen LogP contribution in [0.5, 0.6) is 0 Å². The number of allylic oxidation sites excluding steroid dienone is 2. The third-order valence-electron chi connectivity index (χ3n) is 4.76. The topological polar surface area (TPSA) is 20.2 Å². The van der Waals surface area contributed by atoms with Crippen LogP contribution in [0.4, 0.5) is 0 Å². The monoisotopic (exact) mass is 358 g/mol. The molecule has 0 heterocycles. The van der Waals surface area contributed by atoms with Gasteiger partial charge in [-0.05, 0) is 29.5 Å². The number of hydrogen-bond acceptors (Lipinski definition) is 1. The Labute approximate surface area is 150 Å². The molecule has 0 spiro atoms. The van der Waals surface area contributed by atoms with Gasteiger partial charge < -0.3 is 5.11 Å². The molecule has 2 unspecified atom stereocenters. The van der Waals surface area contributed by atoms with Gasteiger partial charge in [0.15, 0.2) is 0 Å². The van der Waals surface area contributed by atoms with Crippen LogP contribution in [0.15, 0.2) is 52.4 Å². The predicted octanol–water partition coefficient (Wildman–Crippen LogP) is 6.13. The predicted molar refractivity (Wildman–Crippen MR) is 112 cm³/mol. The second kappa shape index (κ2) is 7.14. The Morgan fingerprint density at radius 1 is 1.08 bits per heavy atom. The normalized spacial score (nSPS) is 24.3. The molecular weight excluding hydrogens is 324 g/mol. The summed E-state index contributed by atoms with van der Waals surface area (Å²) in [5.41, 5.74) is 6.74. The summed E-state index contributed by atoms with van der Waals surface area (Å²) in [5.74, 6) is 0.563. The van der Waals surface area contributed by atoms with Crippen LogP contribution in [0.3, 0.4) is 0 Å². The number of hydrogen-bond donors (Lipinski definition) is 1. The third kappa shape index (κ3) is 4.81. The zero-order chi connectivity index (χ0) is 18.1. The van der Waals surface area contributed by atoms with E-state index in [0.29, 0.717) is 5.92 Å². The lowest BCUT2D eigenvalue weighted by atomic mass is 10.00. The molecule has 3 heteroatoms. The second-order valence-corrected chi connectivity index (χ2v) is 19.5. The van der Waals surface area contributed by atoms with Crippen molar-refractivity contribution in [3.05, 3.63) is 57.9 Å². The zero-order valence-corrected chi connectivity index (χ0v) is 18.5. The molecule has 0 amide bonds. The van der Waals surface area contributed by atoms with E-state index in [1.807, 2.05) is 18.2 Å². The van der Waals surface area contributed by atoms with Crippen molar-refractivity contribution in [1.82, 2.24) is 0 Å². The minimum absolute atomic E-state index is 0.443. The first-order valence-electron chi connectivity index (χ1n) is 9.16. The third-order valence-corrected chi connectivity index (χ3v) is 8.25. The van der Waals surface area contributed by atoms with Crippen LogP contribution in [0.2, 0.25) is 39.3 Å². The van der Waals surface area contributed by atoms with Gasteiger partial charge in [0.2, 0.25) is 0 Å². The smallest absolute Gasteiger partial charge is 0.0969 e. The fourth-order valence-corrected chi connectivity index (χ4v) is 7.69. The summed E-state index contributed by atoms with van der Waals surface area (Å²) in [4.78, 5) is 0. The van der Waals surface area contributed by atoms with E-state index in [-0.39, 0.29) is 0 Å². The highest BCUT2D eigenvalue weighted by Crippen LogP contribution is 2.43. The van der Waals surface area contributed by atoms with E-state index in [0.717, 1.165) is 12.0 Å². The van der Waals surface area contributed by atoms with Gasteiger partial charge in [-0.3, -0.25) is 0 Å². The second-order valence-electron chi connectivity index (χ2n) is 9.45. The molecule has 1 aliphatic rings. The molecule has 1 fully saturated rings. The summed E-state index contributed by atoms with van der Waals surface area (Å²) in [6, 6.07) is 10.2. The van der Waals surface area contributed by atoms with Gasteiger partial charge in [-0.25, -0.2) is 0 Å². The minimum atomic E-state index is -1.61. The SMILES string of the molecule is CC1C/C(=C/[Si](C)(C)C)C/C1=C(/C(O)c1ccccc1)[Si](C)(C)C. The van der Waals surface area contributed by atoms with Crippen molar-refractivity contribution in [2.75, 3.05) is 0 Å². The lowest BCUT2D eigenvalue weighted by Gasteiger charge is -2.30. The number of aliphatic hydroxyl groups excluding tert-OH is 1. The number of aliphatic hydroxyl groups is 1. The van der Waals surface area contributed by atoms with Crippen LogP contribution in [0.1, 0.15) is 31.4 Å². The maximum absolute atomic E-state index is 11.2. The van der Waals surface area contributed by atoms with Crippen molar-refractivity contribution in [2.45, 2.75) is 65.2 Å². The quantitative estimate of drug-likeness (QED) is 0.642. The standard InChI is InChI=1S/C21H34OSi2/c1-16-13-17(15-23(2,3)4)14-19(16)21(24(5,6)7)20(22)18-11-9-8-10-12-18/h8-12,15-16,20,22H,13-14H2,1-7H3/b17-15-,21-19+. The molecule has 0 bridgehead atoms. The molecule has 0 saturated heterocycles. The Kier molecular flexibility index (Phi) is 5.78. The first kappa shape index (κ1) is 19.4. The number of rotatable bonds is 4. The van der Waals surface area contributed by atoms with Crippen molar-refractivity contribution in [3.8, 4) is 0 Å². The van der Waals surface area contributed by atoms with Crippen molar-refractivity contribution < 1.29 is 5.11 Å². The Hall–Kier alpha value is -0.906. The molecule has 1 aromatic carbocycles. The summed E-state index contributed by atoms with van der Waals surface area (Å²) in [5, 5.41) is 12.5. The summed E-state index contributed by atoms with van der Waals surface area (Å²) in [6.45, 7) is 16.7. The van der Waals surface area contributed by atoms with Crippen LogP contribution >= 0.6 is 0 Å². The van der Waals surface area contributed by atoms with E-state index in [9.17, 15) is 5.11 Å². The van der Waals surface area contributed by atoms with Gasteiger partial charge in [0.25, 0.3) is 0 Å². The average molecular weight is 359 g/mol.